The minimum absolute atomic E-state index is 0.0474. The molecular formula is C12H24N2OS. The van der Waals surface area contributed by atoms with Gasteiger partial charge in [0, 0.05) is 13.1 Å². The van der Waals surface area contributed by atoms with Crippen LogP contribution in [0.1, 0.15) is 40.0 Å². The molecule has 1 fully saturated rings. The Morgan fingerprint density at radius 3 is 2.69 bits per heavy atom. The molecule has 0 aromatic rings. The van der Waals surface area contributed by atoms with Crippen molar-refractivity contribution < 1.29 is 4.74 Å². The van der Waals surface area contributed by atoms with Gasteiger partial charge in [-0.25, -0.2) is 0 Å². The van der Waals surface area contributed by atoms with E-state index in [4.69, 9.17) is 22.7 Å². The van der Waals surface area contributed by atoms with Crippen LogP contribution >= 0.6 is 12.2 Å². The molecule has 0 amide bonds. The van der Waals surface area contributed by atoms with E-state index in [-0.39, 0.29) is 5.60 Å². The van der Waals surface area contributed by atoms with Gasteiger partial charge >= 0.3 is 0 Å². The highest BCUT2D eigenvalue weighted by molar-refractivity contribution is 7.80. The molecule has 3 nitrogen and oxygen atoms in total. The van der Waals surface area contributed by atoms with Gasteiger partial charge in [-0.2, -0.15) is 0 Å². The lowest BCUT2D eigenvalue weighted by molar-refractivity contribution is -0.0270. The normalized spacial score (nSPS) is 23.9. The average molecular weight is 244 g/mol. The third kappa shape index (κ3) is 4.76. The molecule has 0 aromatic heterocycles. The van der Waals surface area contributed by atoms with Gasteiger partial charge in [0.2, 0.25) is 0 Å². The zero-order valence-corrected chi connectivity index (χ0v) is 11.5. The molecule has 1 rings (SSSR count). The van der Waals surface area contributed by atoms with Crippen molar-refractivity contribution in [3.05, 3.63) is 0 Å². The summed E-state index contributed by atoms with van der Waals surface area (Å²) < 4.78 is 5.98. The van der Waals surface area contributed by atoms with Crippen LogP contribution in [-0.4, -0.2) is 41.2 Å². The predicted octanol–water partition coefficient (Wildman–Crippen LogP) is 1.94. The first-order valence-electron chi connectivity index (χ1n) is 6.11. The summed E-state index contributed by atoms with van der Waals surface area (Å²) in [7, 11) is 0. The number of nitrogens with two attached hydrogens (primary N) is 1. The van der Waals surface area contributed by atoms with Crippen molar-refractivity contribution in [1.82, 2.24) is 4.90 Å². The van der Waals surface area contributed by atoms with Crippen molar-refractivity contribution in [2.75, 3.05) is 19.6 Å². The molecule has 16 heavy (non-hydrogen) atoms. The van der Waals surface area contributed by atoms with Gasteiger partial charge in [-0.15, -0.1) is 0 Å². The summed E-state index contributed by atoms with van der Waals surface area (Å²) in [5.74, 6) is 0. The van der Waals surface area contributed by atoms with Crippen LogP contribution in [-0.2, 0) is 4.74 Å². The summed E-state index contributed by atoms with van der Waals surface area (Å²) in [6.45, 7) is 9.19. The van der Waals surface area contributed by atoms with E-state index >= 15 is 0 Å². The first kappa shape index (κ1) is 13.9. The van der Waals surface area contributed by atoms with Crippen molar-refractivity contribution in [2.24, 2.45) is 5.73 Å². The number of rotatable bonds is 6. The molecule has 0 aliphatic carbocycles. The predicted molar refractivity (Wildman–Crippen MR) is 71.7 cm³/mol. The van der Waals surface area contributed by atoms with Crippen molar-refractivity contribution in [1.29, 1.82) is 0 Å². The molecule has 2 N–H and O–H groups in total. The molecule has 0 spiro atoms. The molecule has 1 heterocycles. The highest BCUT2D eigenvalue weighted by Crippen LogP contribution is 2.29. The van der Waals surface area contributed by atoms with Crippen LogP contribution in [0, 0.1) is 0 Å². The second-order valence-electron chi connectivity index (χ2n) is 5.24. The molecule has 1 atom stereocenters. The van der Waals surface area contributed by atoms with Crippen molar-refractivity contribution in [3.63, 3.8) is 0 Å². The molecular weight excluding hydrogens is 220 g/mol. The second-order valence-corrected chi connectivity index (χ2v) is 5.76. The number of ether oxygens (including phenoxy) is 1. The minimum Gasteiger partial charge on any atom is -0.392 e. The smallest absolute Gasteiger partial charge is 0.0870 e. The Morgan fingerprint density at radius 1 is 1.56 bits per heavy atom. The first-order valence-corrected chi connectivity index (χ1v) is 6.52. The van der Waals surface area contributed by atoms with Crippen LogP contribution < -0.4 is 5.73 Å². The standard InChI is InChI=1S/C12H24N2OS/c1-4-7-14(9-11(13)16)8-10-5-6-12(2,3)15-10/h10H,4-9H2,1-3H3,(H2,13,16). The van der Waals surface area contributed by atoms with Crippen molar-refractivity contribution in [2.45, 2.75) is 51.7 Å². The van der Waals surface area contributed by atoms with E-state index < -0.39 is 0 Å². The quantitative estimate of drug-likeness (QED) is 0.725. The van der Waals surface area contributed by atoms with E-state index in [1.807, 2.05) is 0 Å². The van der Waals surface area contributed by atoms with E-state index in [0.29, 0.717) is 17.6 Å². The Kier molecular flexibility index (Phi) is 5.15. The number of nitrogens with zero attached hydrogens (tertiary/aromatic N) is 1. The van der Waals surface area contributed by atoms with E-state index in [1.54, 1.807) is 0 Å². The maximum atomic E-state index is 5.98. The largest absolute Gasteiger partial charge is 0.392 e. The molecule has 94 valence electrons. The van der Waals surface area contributed by atoms with Gasteiger partial charge in [0.1, 0.15) is 0 Å². The number of hydrogen-bond acceptors (Lipinski definition) is 3. The minimum atomic E-state index is 0.0474. The van der Waals surface area contributed by atoms with Crippen LogP contribution in [0.4, 0.5) is 0 Å². The summed E-state index contributed by atoms with van der Waals surface area (Å²) in [6.07, 6.45) is 3.75. The summed E-state index contributed by atoms with van der Waals surface area (Å²) in [5, 5.41) is 0. The highest BCUT2D eigenvalue weighted by atomic mass is 32.1. The second kappa shape index (κ2) is 5.94. The summed E-state index contributed by atoms with van der Waals surface area (Å²) in [4.78, 5) is 2.87. The lowest BCUT2D eigenvalue weighted by atomic mass is 10.1. The topological polar surface area (TPSA) is 38.5 Å². The Balaban J connectivity index is 2.40. The van der Waals surface area contributed by atoms with Gasteiger partial charge in [0.05, 0.1) is 16.7 Å². The summed E-state index contributed by atoms with van der Waals surface area (Å²) in [6, 6.07) is 0. The SMILES string of the molecule is CCCN(CC(N)=S)CC1CCC(C)(C)O1. The monoisotopic (exact) mass is 244 g/mol. The van der Waals surface area contributed by atoms with Crippen LogP contribution in [0.15, 0.2) is 0 Å². The fourth-order valence-corrected chi connectivity index (χ4v) is 2.45. The lowest BCUT2D eigenvalue weighted by Gasteiger charge is -2.26. The van der Waals surface area contributed by atoms with E-state index in [9.17, 15) is 0 Å². The molecule has 1 aliphatic rings. The van der Waals surface area contributed by atoms with Crippen molar-refractivity contribution >= 4 is 17.2 Å². The third-order valence-electron chi connectivity index (χ3n) is 2.94. The van der Waals surface area contributed by atoms with E-state index in [2.05, 4.69) is 25.7 Å². The molecule has 0 radical (unpaired) electrons. The maximum absolute atomic E-state index is 5.98. The number of thiocarbonyl (C=S) groups is 1. The van der Waals surface area contributed by atoms with Crippen LogP contribution in [0.2, 0.25) is 0 Å². The Bertz CT molecular complexity index is 243. The van der Waals surface area contributed by atoms with Gasteiger partial charge in [-0.05, 0) is 39.7 Å². The zero-order valence-electron chi connectivity index (χ0n) is 10.7. The van der Waals surface area contributed by atoms with E-state index in [1.165, 1.54) is 0 Å². The van der Waals surface area contributed by atoms with Crippen LogP contribution in [0.3, 0.4) is 0 Å². The molecule has 1 unspecified atom stereocenters. The molecule has 1 aliphatic heterocycles. The molecule has 4 heteroatoms. The van der Waals surface area contributed by atoms with Crippen LogP contribution in [0.25, 0.3) is 0 Å². The fraction of sp³-hybridized carbons (Fsp3) is 0.917. The van der Waals surface area contributed by atoms with E-state index in [0.717, 1.165) is 32.4 Å². The maximum Gasteiger partial charge on any atom is 0.0870 e. The third-order valence-corrected chi connectivity index (χ3v) is 3.06. The van der Waals surface area contributed by atoms with Crippen LogP contribution in [0.5, 0.6) is 0 Å². The Labute approximate surface area is 104 Å². The molecule has 0 bridgehead atoms. The average Bonchev–Trinajstić information content (AvgIpc) is 2.44. The van der Waals surface area contributed by atoms with Gasteiger partial charge in [-0.3, -0.25) is 4.90 Å². The first-order chi connectivity index (χ1) is 7.43. The zero-order chi connectivity index (χ0) is 12.2. The van der Waals surface area contributed by atoms with Gasteiger partial charge in [0.15, 0.2) is 0 Å². The summed E-state index contributed by atoms with van der Waals surface area (Å²) >= 11 is 4.97. The number of hydrogen-bond donors (Lipinski definition) is 1. The highest BCUT2D eigenvalue weighted by Gasteiger charge is 2.32. The van der Waals surface area contributed by atoms with Gasteiger partial charge < -0.3 is 10.5 Å². The fourth-order valence-electron chi connectivity index (χ4n) is 2.27. The summed E-state index contributed by atoms with van der Waals surface area (Å²) in [5.41, 5.74) is 5.65. The molecule has 0 aromatic carbocycles. The Morgan fingerprint density at radius 2 is 2.25 bits per heavy atom. The van der Waals surface area contributed by atoms with Crippen molar-refractivity contribution in [3.8, 4) is 0 Å². The van der Waals surface area contributed by atoms with Gasteiger partial charge in [-0.1, -0.05) is 19.1 Å². The Hall–Kier alpha value is -0.190. The lowest BCUT2D eigenvalue weighted by Crippen LogP contribution is -2.39. The molecule has 1 saturated heterocycles. The van der Waals surface area contributed by atoms with Gasteiger partial charge in [0.25, 0.3) is 0 Å². The molecule has 0 saturated carbocycles.